The maximum atomic E-state index is 5.84. The van der Waals surface area contributed by atoms with E-state index in [1.165, 1.54) is 0 Å². The average Bonchev–Trinajstić information content (AvgIpc) is 2.33. The molecule has 0 spiro atoms. The monoisotopic (exact) mass is 305 g/mol. The highest BCUT2D eigenvalue weighted by molar-refractivity contribution is 9.10. The van der Waals surface area contributed by atoms with E-state index in [4.69, 9.17) is 10.5 Å². The predicted molar refractivity (Wildman–Crippen MR) is 78.0 cm³/mol. The van der Waals surface area contributed by atoms with Crippen LogP contribution in [0.3, 0.4) is 0 Å². The SMILES string of the molecule is Cc1cc(Br)ccc1Oc1ccc([C@@H](C)N)cc1. The second kappa shape index (κ2) is 5.55. The normalized spacial score (nSPS) is 12.2. The molecule has 1 atom stereocenters. The molecule has 2 N–H and O–H groups in total. The Morgan fingerprint density at radius 2 is 1.78 bits per heavy atom. The Bertz CT molecular complexity index is 535. The van der Waals surface area contributed by atoms with Gasteiger partial charge in [0.25, 0.3) is 0 Å². The van der Waals surface area contributed by atoms with Gasteiger partial charge >= 0.3 is 0 Å². The summed E-state index contributed by atoms with van der Waals surface area (Å²) in [4.78, 5) is 0. The van der Waals surface area contributed by atoms with Gasteiger partial charge in [-0.25, -0.2) is 0 Å². The Balaban J connectivity index is 2.18. The van der Waals surface area contributed by atoms with Gasteiger partial charge in [0, 0.05) is 10.5 Å². The van der Waals surface area contributed by atoms with E-state index in [2.05, 4.69) is 15.9 Å². The van der Waals surface area contributed by atoms with Crippen molar-refractivity contribution in [3.63, 3.8) is 0 Å². The van der Waals surface area contributed by atoms with Crippen LogP contribution in [-0.2, 0) is 0 Å². The molecule has 94 valence electrons. The number of hydrogen-bond acceptors (Lipinski definition) is 2. The molecule has 0 saturated carbocycles. The quantitative estimate of drug-likeness (QED) is 0.901. The Morgan fingerprint density at radius 1 is 1.11 bits per heavy atom. The summed E-state index contributed by atoms with van der Waals surface area (Å²) in [5.74, 6) is 1.69. The molecule has 0 amide bonds. The lowest BCUT2D eigenvalue weighted by atomic mass is 10.1. The minimum absolute atomic E-state index is 0.0495. The lowest BCUT2D eigenvalue weighted by molar-refractivity contribution is 0.478. The summed E-state index contributed by atoms with van der Waals surface area (Å²) < 4.78 is 6.89. The van der Waals surface area contributed by atoms with Gasteiger partial charge in [0.05, 0.1) is 0 Å². The first kappa shape index (κ1) is 13.1. The first-order valence-corrected chi connectivity index (χ1v) is 6.65. The zero-order valence-corrected chi connectivity index (χ0v) is 12.1. The van der Waals surface area contributed by atoms with E-state index in [0.29, 0.717) is 0 Å². The number of benzene rings is 2. The minimum atomic E-state index is 0.0495. The predicted octanol–water partition coefficient (Wildman–Crippen LogP) is 4.57. The van der Waals surface area contributed by atoms with Crippen LogP contribution in [0.2, 0.25) is 0 Å². The molecule has 2 aromatic carbocycles. The van der Waals surface area contributed by atoms with Crippen molar-refractivity contribution in [2.24, 2.45) is 5.73 Å². The van der Waals surface area contributed by atoms with Crippen molar-refractivity contribution < 1.29 is 4.74 Å². The van der Waals surface area contributed by atoms with Crippen molar-refractivity contribution in [2.45, 2.75) is 19.9 Å². The molecular formula is C15H16BrNO. The minimum Gasteiger partial charge on any atom is -0.457 e. The van der Waals surface area contributed by atoms with Crippen LogP contribution < -0.4 is 10.5 Å². The molecule has 0 heterocycles. The van der Waals surface area contributed by atoms with Crippen LogP contribution in [0.1, 0.15) is 24.1 Å². The summed E-state index contributed by atoms with van der Waals surface area (Å²) in [6, 6.07) is 13.9. The van der Waals surface area contributed by atoms with Crippen LogP contribution in [0.5, 0.6) is 11.5 Å². The van der Waals surface area contributed by atoms with Gasteiger partial charge < -0.3 is 10.5 Å². The Hall–Kier alpha value is -1.32. The molecule has 2 nitrogen and oxygen atoms in total. The van der Waals surface area contributed by atoms with Gasteiger partial charge in [-0.1, -0.05) is 28.1 Å². The van der Waals surface area contributed by atoms with Crippen molar-refractivity contribution in [3.05, 3.63) is 58.1 Å². The lowest BCUT2D eigenvalue weighted by Crippen LogP contribution is -2.04. The van der Waals surface area contributed by atoms with Gasteiger partial charge in [-0.05, 0) is 55.3 Å². The summed E-state index contributed by atoms with van der Waals surface area (Å²) in [5, 5.41) is 0. The Kier molecular flexibility index (Phi) is 4.04. The van der Waals surface area contributed by atoms with Crippen LogP contribution in [0.4, 0.5) is 0 Å². The molecular weight excluding hydrogens is 290 g/mol. The molecule has 0 aliphatic carbocycles. The third kappa shape index (κ3) is 3.12. The molecule has 0 unspecified atom stereocenters. The van der Waals surface area contributed by atoms with E-state index in [9.17, 15) is 0 Å². The molecule has 0 aliphatic heterocycles. The smallest absolute Gasteiger partial charge is 0.130 e. The van der Waals surface area contributed by atoms with Gasteiger partial charge in [-0.2, -0.15) is 0 Å². The Labute approximate surface area is 116 Å². The van der Waals surface area contributed by atoms with Gasteiger partial charge in [-0.15, -0.1) is 0 Å². The third-order valence-electron chi connectivity index (χ3n) is 2.77. The first-order valence-electron chi connectivity index (χ1n) is 5.86. The summed E-state index contributed by atoms with van der Waals surface area (Å²) >= 11 is 3.44. The fourth-order valence-electron chi connectivity index (χ4n) is 1.69. The standard InChI is InChI=1S/C15H16BrNO/c1-10-9-13(16)5-8-15(10)18-14-6-3-12(4-7-14)11(2)17/h3-9,11H,17H2,1-2H3/t11-/m1/s1. The molecule has 0 bridgehead atoms. The van der Waals surface area contributed by atoms with Crippen molar-refractivity contribution >= 4 is 15.9 Å². The molecule has 0 aliphatic rings. The second-order valence-electron chi connectivity index (χ2n) is 4.37. The van der Waals surface area contributed by atoms with Gasteiger partial charge in [0.2, 0.25) is 0 Å². The van der Waals surface area contributed by atoms with Crippen molar-refractivity contribution in [2.75, 3.05) is 0 Å². The van der Waals surface area contributed by atoms with Gasteiger partial charge in [0.1, 0.15) is 11.5 Å². The largest absolute Gasteiger partial charge is 0.457 e. The highest BCUT2D eigenvalue weighted by Crippen LogP contribution is 2.28. The third-order valence-corrected chi connectivity index (χ3v) is 3.26. The summed E-state index contributed by atoms with van der Waals surface area (Å²) in [6.45, 7) is 3.99. The van der Waals surface area contributed by atoms with E-state index in [1.807, 2.05) is 56.3 Å². The van der Waals surface area contributed by atoms with Gasteiger partial charge in [0.15, 0.2) is 0 Å². The maximum Gasteiger partial charge on any atom is 0.130 e. The van der Waals surface area contributed by atoms with Crippen LogP contribution >= 0.6 is 15.9 Å². The van der Waals surface area contributed by atoms with E-state index in [1.54, 1.807) is 0 Å². The molecule has 0 radical (unpaired) electrons. The van der Waals surface area contributed by atoms with E-state index in [-0.39, 0.29) is 6.04 Å². The molecule has 0 aromatic heterocycles. The zero-order valence-electron chi connectivity index (χ0n) is 10.5. The number of hydrogen-bond donors (Lipinski definition) is 1. The maximum absolute atomic E-state index is 5.84. The van der Waals surface area contributed by atoms with Crippen LogP contribution in [0.25, 0.3) is 0 Å². The number of halogens is 1. The van der Waals surface area contributed by atoms with Crippen molar-refractivity contribution in [1.29, 1.82) is 0 Å². The number of ether oxygens (including phenoxy) is 1. The average molecular weight is 306 g/mol. The lowest BCUT2D eigenvalue weighted by Gasteiger charge is -2.10. The first-order chi connectivity index (χ1) is 8.56. The molecule has 18 heavy (non-hydrogen) atoms. The van der Waals surface area contributed by atoms with Crippen LogP contribution in [-0.4, -0.2) is 0 Å². The Morgan fingerprint density at radius 3 is 2.33 bits per heavy atom. The van der Waals surface area contributed by atoms with E-state index < -0.39 is 0 Å². The second-order valence-corrected chi connectivity index (χ2v) is 5.29. The summed E-state index contributed by atoms with van der Waals surface area (Å²) in [5.41, 5.74) is 8.02. The molecule has 0 fully saturated rings. The fourth-order valence-corrected chi connectivity index (χ4v) is 2.17. The summed E-state index contributed by atoms with van der Waals surface area (Å²) in [6.07, 6.45) is 0. The van der Waals surface area contributed by atoms with Crippen molar-refractivity contribution in [1.82, 2.24) is 0 Å². The van der Waals surface area contributed by atoms with Crippen LogP contribution in [0.15, 0.2) is 46.9 Å². The van der Waals surface area contributed by atoms with E-state index in [0.717, 1.165) is 27.1 Å². The molecule has 2 rings (SSSR count). The molecule has 0 saturated heterocycles. The van der Waals surface area contributed by atoms with E-state index >= 15 is 0 Å². The topological polar surface area (TPSA) is 35.2 Å². The highest BCUT2D eigenvalue weighted by atomic mass is 79.9. The number of rotatable bonds is 3. The molecule has 3 heteroatoms. The van der Waals surface area contributed by atoms with Crippen molar-refractivity contribution in [3.8, 4) is 11.5 Å². The highest BCUT2D eigenvalue weighted by Gasteiger charge is 2.03. The van der Waals surface area contributed by atoms with Gasteiger partial charge in [-0.3, -0.25) is 0 Å². The number of nitrogens with two attached hydrogens (primary N) is 1. The number of aryl methyl sites for hydroxylation is 1. The summed E-state index contributed by atoms with van der Waals surface area (Å²) in [7, 11) is 0. The van der Waals surface area contributed by atoms with Crippen LogP contribution in [0, 0.1) is 6.92 Å². The fraction of sp³-hybridized carbons (Fsp3) is 0.200. The molecule has 2 aromatic rings. The zero-order chi connectivity index (χ0) is 13.1.